The number of anilines is 1. The van der Waals surface area contributed by atoms with Crippen molar-refractivity contribution in [2.24, 2.45) is 0 Å². The quantitative estimate of drug-likeness (QED) is 0.731. The van der Waals surface area contributed by atoms with Gasteiger partial charge in [0.2, 0.25) is 5.91 Å². The molecule has 130 valence electrons. The molecule has 0 radical (unpaired) electrons. The number of hydrogen-bond donors (Lipinski definition) is 1. The van der Waals surface area contributed by atoms with Crippen LogP contribution < -0.4 is 10.1 Å². The van der Waals surface area contributed by atoms with E-state index in [0.717, 1.165) is 21.5 Å². The summed E-state index contributed by atoms with van der Waals surface area (Å²) in [6.45, 7) is 2.51. The summed E-state index contributed by atoms with van der Waals surface area (Å²) in [4.78, 5) is 19.0. The molecule has 1 N–H and O–H groups in total. The van der Waals surface area contributed by atoms with E-state index in [1.54, 1.807) is 7.11 Å². The maximum absolute atomic E-state index is 12.6. The molecule has 3 aromatic rings. The number of aromatic nitrogens is 1. The number of thiazole rings is 1. The second kappa shape index (κ2) is 7.63. The Hall–Kier alpha value is -2.44. The molecule has 0 saturated heterocycles. The van der Waals surface area contributed by atoms with Crippen molar-refractivity contribution in [2.45, 2.75) is 19.5 Å². The zero-order chi connectivity index (χ0) is 17.8. The molecule has 2 aromatic carbocycles. The molecular weight excluding hydrogens is 334 g/mol. The van der Waals surface area contributed by atoms with Gasteiger partial charge in [0.05, 0.1) is 23.4 Å². The molecular formula is C19H21N3O2S. The molecule has 25 heavy (non-hydrogen) atoms. The van der Waals surface area contributed by atoms with E-state index in [1.165, 1.54) is 11.3 Å². The maximum Gasteiger partial charge on any atom is 0.243 e. The molecule has 0 bridgehead atoms. The second-order valence-electron chi connectivity index (χ2n) is 5.88. The molecule has 1 atom stereocenters. The van der Waals surface area contributed by atoms with Gasteiger partial charge < -0.3 is 10.1 Å². The lowest BCUT2D eigenvalue weighted by atomic mass is 10.1. The Bertz CT molecular complexity index is 845. The highest BCUT2D eigenvalue weighted by molar-refractivity contribution is 7.22. The van der Waals surface area contributed by atoms with Gasteiger partial charge in [-0.1, -0.05) is 41.7 Å². The number of carbonyl (C=O) groups excluding carboxylic acids is 1. The average molecular weight is 355 g/mol. The number of rotatable bonds is 6. The highest BCUT2D eigenvalue weighted by Gasteiger charge is 2.20. The summed E-state index contributed by atoms with van der Waals surface area (Å²) in [5.41, 5.74) is 1.95. The number of carbonyl (C=O) groups is 1. The predicted octanol–water partition coefficient (Wildman–Crippen LogP) is 3.76. The zero-order valence-electron chi connectivity index (χ0n) is 14.5. The minimum Gasteiger partial charge on any atom is -0.496 e. The van der Waals surface area contributed by atoms with Gasteiger partial charge in [0.1, 0.15) is 5.75 Å². The number of benzene rings is 2. The molecule has 0 aliphatic heterocycles. The van der Waals surface area contributed by atoms with E-state index in [9.17, 15) is 4.79 Å². The van der Waals surface area contributed by atoms with E-state index < -0.39 is 0 Å². The number of likely N-dealkylation sites (N-methyl/N-ethyl adjacent to an activating group) is 1. The Morgan fingerprint density at radius 3 is 2.72 bits per heavy atom. The minimum atomic E-state index is -0.295. The monoisotopic (exact) mass is 355 g/mol. The molecule has 1 heterocycles. The zero-order valence-corrected chi connectivity index (χ0v) is 15.3. The third-order valence-corrected chi connectivity index (χ3v) is 5.13. The van der Waals surface area contributed by atoms with E-state index in [1.807, 2.05) is 67.4 Å². The van der Waals surface area contributed by atoms with Crippen LogP contribution in [0.2, 0.25) is 0 Å². The number of nitrogens with one attached hydrogen (secondary N) is 1. The number of ether oxygens (including phenoxy) is 1. The molecule has 0 saturated carbocycles. The van der Waals surface area contributed by atoms with Crippen LogP contribution >= 0.6 is 11.3 Å². The molecule has 6 heteroatoms. The fraction of sp³-hybridized carbons (Fsp3) is 0.263. The predicted molar refractivity (Wildman–Crippen MR) is 102 cm³/mol. The summed E-state index contributed by atoms with van der Waals surface area (Å²) in [5, 5.41) is 3.55. The smallest absolute Gasteiger partial charge is 0.243 e. The first kappa shape index (κ1) is 17.4. The maximum atomic E-state index is 12.6. The van der Waals surface area contributed by atoms with Gasteiger partial charge in [-0.25, -0.2) is 4.98 Å². The van der Waals surface area contributed by atoms with Gasteiger partial charge in [0.15, 0.2) is 5.13 Å². The Labute approximate surface area is 151 Å². The Balaban J connectivity index is 1.66. The molecule has 1 aromatic heterocycles. The number of methoxy groups -OCH3 is 1. The number of fused-ring (bicyclic) bond motifs is 1. The van der Waals surface area contributed by atoms with Crippen LogP contribution in [0.25, 0.3) is 10.2 Å². The van der Waals surface area contributed by atoms with Gasteiger partial charge in [-0.3, -0.25) is 9.69 Å². The van der Waals surface area contributed by atoms with E-state index in [0.29, 0.717) is 11.7 Å². The first-order valence-electron chi connectivity index (χ1n) is 8.07. The molecule has 3 rings (SSSR count). The minimum absolute atomic E-state index is 0.0727. The summed E-state index contributed by atoms with van der Waals surface area (Å²) >= 11 is 1.48. The van der Waals surface area contributed by atoms with Crippen molar-refractivity contribution in [1.82, 2.24) is 9.88 Å². The Morgan fingerprint density at radius 1 is 1.24 bits per heavy atom. The third-order valence-electron chi connectivity index (χ3n) is 4.18. The van der Waals surface area contributed by atoms with Crippen LogP contribution in [-0.4, -0.2) is 36.0 Å². The van der Waals surface area contributed by atoms with Crippen LogP contribution in [0.1, 0.15) is 12.5 Å². The molecule has 5 nitrogen and oxygen atoms in total. The lowest BCUT2D eigenvalue weighted by Gasteiger charge is -2.24. The Kier molecular flexibility index (Phi) is 5.31. The van der Waals surface area contributed by atoms with Crippen LogP contribution in [0, 0.1) is 0 Å². The topological polar surface area (TPSA) is 54.5 Å². The largest absolute Gasteiger partial charge is 0.496 e. The van der Waals surface area contributed by atoms with E-state index >= 15 is 0 Å². The van der Waals surface area contributed by atoms with Gasteiger partial charge >= 0.3 is 0 Å². The van der Waals surface area contributed by atoms with E-state index in [-0.39, 0.29) is 11.9 Å². The first-order chi connectivity index (χ1) is 12.1. The molecule has 0 fully saturated rings. The van der Waals surface area contributed by atoms with Gasteiger partial charge in [0, 0.05) is 12.1 Å². The lowest BCUT2D eigenvalue weighted by molar-refractivity contribution is -0.120. The van der Waals surface area contributed by atoms with Crippen molar-refractivity contribution in [1.29, 1.82) is 0 Å². The molecule has 0 aliphatic rings. The van der Waals surface area contributed by atoms with E-state index in [4.69, 9.17) is 4.74 Å². The summed E-state index contributed by atoms with van der Waals surface area (Å²) in [6.07, 6.45) is 0. The molecule has 1 amide bonds. The Morgan fingerprint density at radius 2 is 1.96 bits per heavy atom. The first-order valence-corrected chi connectivity index (χ1v) is 8.88. The summed E-state index contributed by atoms with van der Waals surface area (Å²) in [6, 6.07) is 15.4. The van der Waals surface area contributed by atoms with Crippen molar-refractivity contribution in [3.05, 3.63) is 54.1 Å². The summed E-state index contributed by atoms with van der Waals surface area (Å²) in [7, 11) is 3.58. The fourth-order valence-electron chi connectivity index (χ4n) is 2.57. The fourth-order valence-corrected chi connectivity index (χ4v) is 3.44. The van der Waals surface area contributed by atoms with Crippen molar-refractivity contribution in [3.63, 3.8) is 0 Å². The van der Waals surface area contributed by atoms with Crippen LogP contribution in [0.3, 0.4) is 0 Å². The normalized spacial score (nSPS) is 12.3. The average Bonchev–Trinajstić information content (AvgIpc) is 3.03. The van der Waals surface area contributed by atoms with E-state index in [2.05, 4.69) is 10.3 Å². The van der Waals surface area contributed by atoms with Crippen molar-refractivity contribution < 1.29 is 9.53 Å². The molecule has 1 unspecified atom stereocenters. The van der Waals surface area contributed by atoms with Crippen LogP contribution in [0.4, 0.5) is 5.13 Å². The number of hydrogen-bond acceptors (Lipinski definition) is 5. The number of amides is 1. The summed E-state index contributed by atoms with van der Waals surface area (Å²) < 4.78 is 6.44. The third kappa shape index (κ3) is 3.97. The van der Waals surface area contributed by atoms with Crippen molar-refractivity contribution in [2.75, 3.05) is 19.5 Å². The lowest BCUT2D eigenvalue weighted by Crippen LogP contribution is -2.39. The highest BCUT2D eigenvalue weighted by Crippen LogP contribution is 2.26. The van der Waals surface area contributed by atoms with Crippen molar-refractivity contribution in [3.8, 4) is 5.75 Å². The molecule has 0 aliphatic carbocycles. The van der Waals surface area contributed by atoms with Crippen molar-refractivity contribution >= 4 is 32.6 Å². The van der Waals surface area contributed by atoms with Gasteiger partial charge in [0.25, 0.3) is 0 Å². The van der Waals surface area contributed by atoms with Crippen LogP contribution in [0.15, 0.2) is 48.5 Å². The second-order valence-corrected chi connectivity index (χ2v) is 6.91. The van der Waals surface area contributed by atoms with Gasteiger partial charge in [-0.05, 0) is 32.2 Å². The van der Waals surface area contributed by atoms with Gasteiger partial charge in [-0.2, -0.15) is 0 Å². The molecule has 0 spiro atoms. The number of para-hydroxylation sites is 2. The summed E-state index contributed by atoms with van der Waals surface area (Å²) in [5.74, 6) is 0.754. The number of nitrogens with zero attached hydrogens (tertiary/aromatic N) is 2. The van der Waals surface area contributed by atoms with Crippen LogP contribution in [-0.2, 0) is 11.3 Å². The highest BCUT2D eigenvalue weighted by atomic mass is 32.1. The standard InChI is InChI=1S/C19H21N3O2S/c1-13(22(2)12-14-8-4-6-10-16(14)24-3)18(23)21-19-20-15-9-5-7-11-17(15)25-19/h4-11,13H,12H2,1-3H3,(H,20,21,23). The SMILES string of the molecule is COc1ccccc1CN(C)C(C)C(=O)Nc1nc2ccccc2s1. The van der Waals surface area contributed by atoms with Gasteiger partial charge in [-0.15, -0.1) is 0 Å². The van der Waals surface area contributed by atoms with Crippen LogP contribution in [0.5, 0.6) is 5.75 Å².